The third-order valence-corrected chi connectivity index (χ3v) is 6.61. The molecule has 1 fully saturated rings. The Balaban J connectivity index is 1.52. The number of nitrogens with zero attached hydrogens (tertiary/aromatic N) is 1. The number of carbonyl (C=O) groups is 1. The molecule has 1 amide bonds. The Bertz CT molecular complexity index is 1160. The molecule has 2 heterocycles. The number of aromatic nitrogens is 2. The summed E-state index contributed by atoms with van der Waals surface area (Å²) in [6, 6.07) is 9.45. The largest absolute Gasteiger partial charge is 0.377 e. The minimum Gasteiger partial charge on any atom is -0.377 e. The number of benzene rings is 2. The molecule has 152 valence electrons. The zero-order valence-corrected chi connectivity index (χ0v) is 16.9. The van der Waals surface area contributed by atoms with Crippen LogP contribution in [0.5, 0.6) is 0 Å². The first-order chi connectivity index (χ1) is 13.9. The van der Waals surface area contributed by atoms with Gasteiger partial charge in [-0.1, -0.05) is 11.6 Å². The Morgan fingerprint density at radius 2 is 2.14 bits per heavy atom. The number of aromatic amines is 1. The fourth-order valence-corrected chi connectivity index (χ4v) is 4.75. The molecule has 8 nitrogen and oxygen atoms in total. The van der Waals surface area contributed by atoms with Crippen LogP contribution in [-0.2, 0) is 14.8 Å². The number of sulfonamides is 1. The smallest absolute Gasteiger partial charge is 0.255 e. The topological polar surface area (TPSA) is 113 Å². The first-order valence-electron chi connectivity index (χ1n) is 9.08. The lowest BCUT2D eigenvalue weighted by Gasteiger charge is -2.13. The van der Waals surface area contributed by atoms with Crippen LogP contribution < -0.4 is 10.0 Å². The first-order valence-corrected chi connectivity index (χ1v) is 10.9. The summed E-state index contributed by atoms with van der Waals surface area (Å²) in [6.07, 6.45) is 3.22. The fourth-order valence-electron chi connectivity index (χ4n) is 3.16. The number of nitrogens with one attached hydrogen (secondary N) is 3. The maximum atomic E-state index is 12.7. The number of ether oxygens (including phenoxy) is 1. The van der Waals surface area contributed by atoms with Crippen LogP contribution in [0.25, 0.3) is 10.9 Å². The van der Waals surface area contributed by atoms with Crippen LogP contribution in [0.15, 0.2) is 47.5 Å². The van der Waals surface area contributed by atoms with Crippen LogP contribution in [0.3, 0.4) is 0 Å². The lowest BCUT2D eigenvalue weighted by atomic mass is 10.2. The molecule has 3 N–H and O–H groups in total. The standard InChI is InChI=1S/C19H19ClN4O4S/c20-16-5-3-12(9-18(16)29(26,27)22-11-15-2-1-7-28-15)19(25)23-14-4-6-17-13(8-14)10-21-24-17/h3-6,8-10,15,22H,1-2,7,11H2,(H,21,24)(H,23,25). The second-order valence-electron chi connectivity index (χ2n) is 6.76. The van der Waals surface area contributed by atoms with Crippen LogP contribution in [0.1, 0.15) is 23.2 Å². The summed E-state index contributed by atoms with van der Waals surface area (Å²) in [4.78, 5) is 12.5. The number of carbonyl (C=O) groups excluding carboxylic acids is 1. The van der Waals surface area contributed by atoms with Gasteiger partial charge in [0.1, 0.15) is 4.90 Å². The van der Waals surface area contributed by atoms with Gasteiger partial charge >= 0.3 is 0 Å². The summed E-state index contributed by atoms with van der Waals surface area (Å²) in [5.41, 5.74) is 1.60. The first kappa shape index (κ1) is 19.8. The van der Waals surface area contributed by atoms with Crippen LogP contribution in [0.4, 0.5) is 5.69 Å². The summed E-state index contributed by atoms with van der Waals surface area (Å²) in [6.45, 7) is 0.799. The summed E-state index contributed by atoms with van der Waals surface area (Å²) in [5.74, 6) is -0.444. The van der Waals surface area contributed by atoms with E-state index < -0.39 is 15.9 Å². The van der Waals surface area contributed by atoms with Gasteiger partial charge in [-0.25, -0.2) is 13.1 Å². The van der Waals surface area contributed by atoms with Crippen molar-refractivity contribution < 1.29 is 17.9 Å². The lowest BCUT2D eigenvalue weighted by molar-refractivity contribution is 0.102. The van der Waals surface area contributed by atoms with Crippen molar-refractivity contribution in [3.05, 3.63) is 53.2 Å². The number of hydrogen-bond donors (Lipinski definition) is 3. The molecule has 0 spiro atoms. The highest BCUT2D eigenvalue weighted by Gasteiger charge is 2.23. The number of rotatable bonds is 6. The molecule has 1 saturated heterocycles. The number of amides is 1. The highest BCUT2D eigenvalue weighted by molar-refractivity contribution is 7.89. The van der Waals surface area contributed by atoms with Gasteiger partial charge in [0, 0.05) is 29.8 Å². The van der Waals surface area contributed by atoms with Crippen molar-refractivity contribution in [3.8, 4) is 0 Å². The maximum Gasteiger partial charge on any atom is 0.255 e. The lowest BCUT2D eigenvalue weighted by Crippen LogP contribution is -2.32. The highest BCUT2D eigenvalue weighted by Crippen LogP contribution is 2.24. The summed E-state index contributed by atoms with van der Waals surface area (Å²) >= 11 is 6.10. The Morgan fingerprint density at radius 3 is 2.93 bits per heavy atom. The van der Waals surface area contributed by atoms with Crippen molar-refractivity contribution in [1.82, 2.24) is 14.9 Å². The molecule has 10 heteroatoms. The molecule has 0 aliphatic carbocycles. The Labute approximate surface area is 172 Å². The van der Waals surface area contributed by atoms with E-state index in [4.69, 9.17) is 16.3 Å². The average molecular weight is 435 g/mol. The number of H-pyrrole nitrogens is 1. The molecule has 29 heavy (non-hydrogen) atoms. The highest BCUT2D eigenvalue weighted by atomic mass is 35.5. The summed E-state index contributed by atoms with van der Waals surface area (Å²) in [5, 5.41) is 10.4. The minimum absolute atomic E-state index is 0.0428. The van der Waals surface area contributed by atoms with Crippen LogP contribution >= 0.6 is 11.6 Å². The van der Waals surface area contributed by atoms with E-state index in [1.54, 1.807) is 24.4 Å². The normalized spacial score (nSPS) is 16.9. The molecule has 0 radical (unpaired) electrons. The Morgan fingerprint density at radius 1 is 1.28 bits per heavy atom. The molecule has 3 aromatic rings. The van der Waals surface area contributed by atoms with Crippen LogP contribution in [-0.4, -0.2) is 43.8 Å². The monoisotopic (exact) mass is 434 g/mol. The quantitative estimate of drug-likeness (QED) is 0.552. The number of anilines is 1. The number of halogens is 1. The van der Waals surface area contributed by atoms with Gasteiger partial charge in [-0.15, -0.1) is 0 Å². The molecule has 1 aromatic heterocycles. The van der Waals surface area contributed by atoms with E-state index in [0.29, 0.717) is 12.3 Å². The Hall–Kier alpha value is -2.46. The molecular weight excluding hydrogens is 416 g/mol. The van der Waals surface area contributed by atoms with Crippen molar-refractivity contribution in [1.29, 1.82) is 0 Å². The average Bonchev–Trinajstić information content (AvgIpc) is 3.38. The summed E-state index contributed by atoms with van der Waals surface area (Å²) < 4.78 is 33.3. The van der Waals surface area contributed by atoms with Gasteiger partial charge in [0.05, 0.1) is 22.8 Å². The second kappa shape index (κ2) is 8.11. The molecular formula is C19H19ClN4O4S. The van der Waals surface area contributed by atoms with Crippen molar-refractivity contribution in [2.45, 2.75) is 23.8 Å². The van der Waals surface area contributed by atoms with E-state index in [-0.39, 0.29) is 28.1 Å². The minimum atomic E-state index is -3.88. The molecule has 1 aliphatic rings. The summed E-state index contributed by atoms with van der Waals surface area (Å²) in [7, 11) is -3.88. The van der Waals surface area contributed by atoms with Crippen molar-refractivity contribution in [2.75, 3.05) is 18.5 Å². The molecule has 1 atom stereocenters. The number of fused-ring (bicyclic) bond motifs is 1. The van der Waals surface area contributed by atoms with E-state index in [9.17, 15) is 13.2 Å². The predicted octanol–water partition coefficient (Wildman–Crippen LogP) is 2.93. The molecule has 4 rings (SSSR count). The van der Waals surface area contributed by atoms with Crippen LogP contribution in [0, 0.1) is 0 Å². The van der Waals surface area contributed by atoms with E-state index in [1.807, 2.05) is 0 Å². The molecule has 0 saturated carbocycles. The van der Waals surface area contributed by atoms with Gasteiger partial charge in [0.15, 0.2) is 0 Å². The molecule has 2 aromatic carbocycles. The third kappa shape index (κ3) is 4.43. The molecule has 1 aliphatic heterocycles. The molecule has 1 unspecified atom stereocenters. The van der Waals surface area contributed by atoms with Gasteiger partial charge in [-0.2, -0.15) is 5.10 Å². The van der Waals surface area contributed by atoms with E-state index >= 15 is 0 Å². The van der Waals surface area contributed by atoms with Gasteiger partial charge in [0.2, 0.25) is 10.0 Å². The maximum absolute atomic E-state index is 12.7. The van der Waals surface area contributed by atoms with E-state index in [2.05, 4.69) is 20.2 Å². The molecule has 0 bridgehead atoms. The van der Waals surface area contributed by atoms with Gasteiger partial charge in [-0.3, -0.25) is 9.89 Å². The fraction of sp³-hybridized carbons (Fsp3) is 0.263. The van der Waals surface area contributed by atoms with Gasteiger partial charge in [0.25, 0.3) is 5.91 Å². The number of hydrogen-bond acceptors (Lipinski definition) is 5. The van der Waals surface area contributed by atoms with Gasteiger partial charge in [-0.05, 0) is 49.2 Å². The van der Waals surface area contributed by atoms with Crippen LogP contribution in [0.2, 0.25) is 5.02 Å². The van der Waals surface area contributed by atoms with E-state index in [1.165, 1.54) is 18.2 Å². The van der Waals surface area contributed by atoms with Crippen molar-refractivity contribution in [2.24, 2.45) is 0 Å². The van der Waals surface area contributed by atoms with Crippen molar-refractivity contribution in [3.63, 3.8) is 0 Å². The second-order valence-corrected chi connectivity index (χ2v) is 8.90. The predicted molar refractivity (Wildman–Crippen MR) is 110 cm³/mol. The van der Waals surface area contributed by atoms with E-state index in [0.717, 1.165) is 23.7 Å². The van der Waals surface area contributed by atoms with Crippen molar-refractivity contribution >= 4 is 44.1 Å². The SMILES string of the molecule is O=C(Nc1ccc2[nH]ncc2c1)c1ccc(Cl)c(S(=O)(=O)NCC2CCCO2)c1. The van der Waals surface area contributed by atoms with Gasteiger partial charge < -0.3 is 10.1 Å². The zero-order valence-electron chi connectivity index (χ0n) is 15.3. The Kier molecular flexibility index (Phi) is 5.55. The zero-order chi connectivity index (χ0) is 20.4. The third-order valence-electron chi connectivity index (χ3n) is 4.71.